The van der Waals surface area contributed by atoms with Crippen LogP contribution in [0.2, 0.25) is 0 Å². The molecule has 4 rings (SSSR count). The van der Waals surface area contributed by atoms with Crippen LogP contribution in [0.25, 0.3) is 0 Å². The van der Waals surface area contributed by atoms with Crippen molar-refractivity contribution in [3.63, 3.8) is 0 Å². The highest BCUT2D eigenvalue weighted by molar-refractivity contribution is 5.83. The second-order valence-electron chi connectivity index (χ2n) is 6.70. The van der Waals surface area contributed by atoms with Crippen LogP contribution in [-0.4, -0.2) is 57.4 Å². The van der Waals surface area contributed by atoms with Crippen LogP contribution in [-0.2, 0) is 16.1 Å². The van der Waals surface area contributed by atoms with Gasteiger partial charge in [-0.15, -0.1) is 0 Å². The lowest BCUT2D eigenvalue weighted by Crippen LogP contribution is -2.50. The lowest BCUT2D eigenvalue weighted by atomic mass is 10.0. The molecule has 7 heteroatoms. The van der Waals surface area contributed by atoms with Crippen molar-refractivity contribution in [2.45, 2.75) is 37.6 Å². The first-order valence-corrected chi connectivity index (χ1v) is 8.83. The van der Waals surface area contributed by atoms with E-state index in [0.29, 0.717) is 25.7 Å². The van der Waals surface area contributed by atoms with Crippen molar-refractivity contribution in [2.75, 3.05) is 19.7 Å². The third kappa shape index (κ3) is 4.05. The summed E-state index contributed by atoms with van der Waals surface area (Å²) in [5.41, 5.74) is 1.03. The summed E-state index contributed by atoms with van der Waals surface area (Å²) in [6.07, 6.45) is 5.39. The molecule has 0 bridgehead atoms. The van der Waals surface area contributed by atoms with Crippen LogP contribution in [0.4, 0.5) is 0 Å². The number of aromatic nitrogens is 3. The number of ether oxygens (including phenoxy) is 1. The van der Waals surface area contributed by atoms with Gasteiger partial charge in [0, 0.05) is 19.1 Å². The SMILES string of the molecule is O=C(NC1CC1)C(c1ccccc1)N1CCOC(Cn2cncn2)C1. The summed E-state index contributed by atoms with van der Waals surface area (Å²) in [6.45, 7) is 2.69. The van der Waals surface area contributed by atoms with E-state index in [-0.39, 0.29) is 18.1 Å². The van der Waals surface area contributed by atoms with Gasteiger partial charge in [-0.3, -0.25) is 14.4 Å². The second-order valence-corrected chi connectivity index (χ2v) is 6.70. The van der Waals surface area contributed by atoms with E-state index in [1.54, 1.807) is 11.0 Å². The highest BCUT2D eigenvalue weighted by Crippen LogP contribution is 2.26. The Morgan fingerprint density at radius 2 is 2.16 bits per heavy atom. The molecule has 7 nitrogen and oxygen atoms in total. The first kappa shape index (κ1) is 16.2. The molecule has 1 saturated carbocycles. The van der Waals surface area contributed by atoms with E-state index in [9.17, 15) is 4.79 Å². The highest BCUT2D eigenvalue weighted by atomic mass is 16.5. The van der Waals surface area contributed by atoms with Crippen LogP contribution in [0.15, 0.2) is 43.0 Å². The van der Waals surface area contributed by atoms with Crippen molar-refractivity contribution in [2.24, 2.45) is 0 Å². The van der Waals surface area contributed by atoms with Crippen LogP contribution in [0.5, 0.6) is 0 Å². The Hall–Kier alpha value is -2.25. The molecule has 2 unspecified atom stereocenters. The first-order valence-electron chi connectivity index (χ1n) is 8.83. The van der Waals surface area contributed by atoms with E-state index >= 15 is 0 Å². The second kappa shape index (κ2) is 7.33. The van der Waals surface area contributed by atoms with Crippen LogP contribution in [0, 0.1) is 0 Å². The molecule has 1 saturated heterocycles. The molecule has 1 amide bonds. The van der Waals surface area contributed by atoms with Gasteiger partial charge in [0.2, 0.25) is 5.91 Å². The molecule has 25 heavy (non-hydrogen) atoms. The summed E-state index contributed by atoms with van der Waals surface area (Å²) in [5.74, 6) is 0.0927. The van der Waals surface area contributed by atoms with E-state index < -0.39 is 0 Å². The molecule has 2 aromatic rings. The molecule has 1 aromatic carbocycles. The van der Waals surface area contributed by atoms with Crippen molar-refractivity contribution in [1.82, 2.24) is 25.0 Å². The van der Waals surface area contributed by atoms with E-state index in [1.807, 2.05) is 30.3 Å². The molecule has 2 atom stereocenters. The summed E-state index contributed by atoms with van der Waals surface area (Å²) < 4.78 is 7.65. The van der Waals surface area contributed by atoms with Crippen LogP contribution in [0.3, 0.4) is 0 Å². The summed E-state index contributed by atoms with van der Waals surface area (Å²) in [5, 5.41) is 7.31. The third-order valence-corrected chi connectivity index (χ3v) is 4.68. The molecular formula is C18H23N5O2. The summed E-state index contributed by atoms with van der Waals surface area (Å²) in [4.78, 5) is 19.1. The molecule has 0 spiro atoms. The largest absolute Gasteiger partial charge is 0.374 e. The Balaban J connectivity index is 1.50. The normalized spacial score (nSPS) is 22.5. The fourth-order valence-corrected chi connectivity index (χ4v) is 3.29. The Bertz CT molecular complexity index is 687. The van der Waals surface area contributed by atoms with E-state index in [4.69, 9.17) is 4.74 Å². The molecule has 2 aliphatic rings. The predicted octanol–water partition coefficient (Wildman–Crippen LogP) is 0.999. The van der Waals surface area contributed by atoms with Crippen molar-refractivity contribution in [3.05, 3.63) is 48.5 Å². The maximum absolute atomic E-state index is 12.9. The number of carbonyl (C=O) groups is 1. The Morgan fingerprint density at radius 3 is 2.88 bits per heavy atom. The van der Waals surface area contributed by atoms with E-state index in [1.165, 1.54) is 6.33 Å². The zero-order valence-corrected chi connectivity index (χ0v) is 14.1. The lowest BCUT2D eigenvalue weighted by Gasteiger charge is -2.37. The predicted molar refractivity (Wildman–Crippen MR) is 91.7 cm³/mol. The zero-order chi connectivity index (χ0) is 17.1. The number of benzene rings is 1. The monoisotopic (exact) mass is 341 g/mol. The Morgan fingerprint density at radius 1 is 1.32 bits per heavy atom. The van der Waals surface area contributed by atoms with Gasteiger partial charge in [-0.25, -0.2) is 4.98 Å². The molecule has 132 valence electrons. The van der Waals surface area contributed by atoms with Gasteiger partial charge in [0.25, 0.3) is 0 Å². The van der Waals surface area contributed by atoms with Gasteiger partial charge in [0.15, 0.2) is 0 Å². The number of hydrogen-bond acceptors (Lipinski definition) is 5. The van der Waals surface area contributed by atoms with Crippen molar-refractivity contribution in [3.8, 4) is 0 Å². The topological polar surface area (TPSA) is 72.3 Å². The summed E-state index contributed by atoms with van der Waals surface area (Å²) in [6, 6.07) is 10.1. The Labute approximate surface area is 147 Å². The Kier molecular flexibility index (Phi) is 4.76. The van der Waals surface area contributed by atoms with Crippen LogP contribution in [0.1, 0.15) is 24.4 Å². The molecule has 1 aromatic heterocycles. The average molecular weight is 341 g/mol. The minimum atomic E-state index is -0.274. The lowest BCUT2D eigenvalue weighted by molar-refractivity contribution is -0.130. The molecule has 2 heterocycles. The minimum absolute atomic E-state index is 0.00427. The molecule has 1 N–H and O–H groups in total. The molecule has 1 aliphatic carbocycles. The van der Waals surface area contributed by atoms with Gasteiger partial charge in [-0.05, 0) is 18.4 Å². The van der Waals surface area contributed by atoms with E-state index in [0.717, 1.165) is 24.9 Å². The summed E-state index contributed by atoms with van der Waals surface area (Å²) >= 11 is 0. The number of nitrogens with zero attached hydrogens (tertiary/aromatic N) is 4. The van der Waals surface area contributed by atoms with Crippen LogP contribution < -0.4 is 5.32 Å². The molecular weight excluding hydrogens is 318 g/mol. The fourth-order valence-electron chi connectivity index (χ4n) is 3.29. The molecule has 1 aliphatic heterocycles. The van der Waals surface area contributed by atoms with Gasteiger partial charge in [0.1, 0.15) is 18.7 Å². The van der Waals surface area contributed by atoms with Gasteiger partial charge in [0.05, 0.1) is 19.3 Å². The van der Waals surface area contributed by atoms with Gasteiger partial charge in [-0.1, -0.05) is 30.3 Å². The minimum Gasteiger partial charge on any atom is -0.374 e. The van der Waals surface area contributed by atoms with Crippen molar-refractivity contribution < 1.29 is 9.53 Å². The fraction of sp³-hybridized carbons (Fsp3) is 0.500. The van der Waals surface area contributed by atoms with Gasteiger partial charge in [-0.2, -0.15) is 5.10 Å². The summed E-state index contributed by atoms with van der Waals surface area (Å²) in [7, 11) is 0. The number of amides is 1. The number of hydrogen-bond donors (Lipinski definition) is 1. The van der Waals surface area contributed by atoms with Crippen LogP contribution >= 0.6 is 0 Å². The zero-order valence-electron chi connectivity index (χ0n) is 14.1. The smallest absolute Gasteiger partial charge is 0.242 e. The first-order chi connectivity index (χ1) is 12.3. The number of carbonyl (C=O) groups excluding carboxylic acids is 1. The number of rotatable bonds is 6. The quantitative estimate of drug-likeness (QED) is 0.849. The highest BCUT2D eigenvalue weighted by Gasteiger charge is 2.34. The third-order valence-electron chi connectivity index (χ3n) is 4.68. The standard InChI is InChI=1S/C18H23N5O2/c24-18(21-15-6-7-15)17(14-4-2-1-3-5-14)22-8-9-25-16(10-22)11-23-13-19-12-20-23/h1-5,12-13,15-17H,6-11H2,(H,21,24). The number of morpholine rings is 1. The maximum Gasteiger partial charge on any atom is 0.242 e. The molecule has 0 radical (unpaired) electrons. The van der Waals surface area contributed by atoms with Crippen molar-refractivity contribution in [1.29, 1.82) is 0 Å². The molecule has 2 fully saturated rings. The number of nitrogens with one attached hydrogen (secondary N) is 1. The van der Waals surface area contributed by atoms with E-state index in [2.05, 4.69) is 20.3 Å². The van der Waals surface area contributed by atoms with Crippen molar-refractivity contribution >= 4 is 5.91 Å². The average Bonchev–Trinajstić information content (AvgIpc) is 3.29. The van der Waals surface area contributed by atoms with Gasteiger partial charge < -0.3 is 10.1 Å². The maximum atomic E-state index is 12.9. The van der Waals surface area contributed by atoms with Gasteiger partial charge >= 0.3 is 0 Å².